The number of anilines is 1. The van der Waals surface area contributed by atoms with Crippen LogP contribution in [0.3, 0.4) is 0 Å². The number of nitrogens with two attached hydrogens (primary N) is 1. The monoisotopic (exact) mass is 326 g/mol. The van der Waals surface area contributed by atoms with E-state index >= 15 is 0 Å². The quantitative estimate of drug-likeness (QED) is 0.520. The molecule has 1 aromatic carbocycles. The van der Waals surface area contributed by atoms with Gasteiger partial charge in [0, 0.05) is 16.6 Å². The van der Waals surface area contributed by atoms with E-state index < -0.39 is 30.8 Å². The molecule has 1 rings (SSSR count). The highest BCUT2D eigenvalue weighted by Gasteiger charge is 2.28. The molecule has 0 aliphatic carbocycles. The van der Waals surface area contributed by atoms with Crippen molar-refractivity contribution in [3.8, 4) is 0 Å². The summed E-state index contributed by atoms with van der Waals surface area (Å²) in [6.07, 6.45) is 0. The number of benzene rings is 1. The Morgan fingerprint density at radius 1 is 1.53 bits per heavy atom. The van der Waals surface area contributed by atoms with Gasteiger partial charge in [-0.2, -0.15) is 0 Å². The van der Waals surface area contributed by atoms with Crippen molar-refractivity contribution in [2.24, 2.45) is 0 Å². The summed E-state index contributed by atoms with van der Waals surface area (Å²) in [5, 5.41) is 10.6. The molecule has 9 heteroatoms. The summed E-state index contributed by atoms with van der Waals surface area (Å²) in [5.41, 5.74) is 2.53. The first-order valence-corrected chi connectivity index (χ1v) is 6.63. The van der Waals surface area contributed by atoms with E-state index in [9.17, 15) is 22.9 Å². The first kappa shape index (κ1) is 13.8. The van der Waals surface area contributed by atoms with Crippen LogP contribution in [0.15, 0.2) is 21.5 Å². The van der Waals surface area contributed by atoms with E-state index in [1.54, 1.807) is 0 Å². The van der Waals surface area contributed by atoms with Gasteiger partial charge in [-0.3, -0.25) is 10.1 Å². The van der Waals surface area contributed by atoms with Gasteiger partial charge in [0.15, 0.2) is 0 Å². The van der Waals surface area contributed by atoms with E-state index in [1.165, 1.54) is 0 Å². The Kier molecular flexibility index (Phi) is 3.72. The molecule has 0 saturated carbocycles. The summed E-state index contributed by atoms with van der Waals surface area (Å²) >= 11 is 2.89. The second-order valence-electron chi connectivity index (χ2n) is 3.18. The fourth-order valence-corrected chi connectivity index (χ4v) is 2.73. The highest BCUT2D eigenvalue weighted by Crippen LogP contribution is 2.34. The van der Waals surface area contributed by atoms with E-state index in [0.29, 0.717) is 0 Å². The molecule has 0 bridgehead atoms. The zero-order valence-electron chi connectivity index (χ0n) is 8.55. The van der Waals surface area contributed by atoms with Crippen molar-refractivity contribution >= 4 is 37.1 Å². The number of hydrogen-bond donors (Lipinski definition) is 1. The number of non-ortho nitro benzene ring substituents is 1. The number of nitro groups is 1. The van der Waals surface area contributed by atoms with Crippen LogP contribution in [0.25, 0.3) is 0 Å². The maximum absolute atomic E-state index is 13.0. The molecule has 1 unspecified atom stereocenters. The highest BCUT2D eigenvalue weighted by molar-refractivity contribution is 9.10. The Hall–Kier alpha value is -1.22. The first-order valence-electron chi connectivity index (χ1n) is 4.29. The summed E-state index contributed by atoms with van der Waals surface area (Å²) in [6.45, 7) is 0.821. The lowest BCUT2D eigenvalue weighted by Crippen LogP contribution is -2.15. The zero-order valence-corrected chi connectivity index (χ0v) is 11.0. The molecule has 17 heavy (non-hydrogen) atoms. The number of nitrogens with zero attached hydrogens (tertiary/aromatic N) is 1. The molecule has 0 heterocycles. The summed E-state index contributed by atoms with van der Waals surface area (Å²) < 4.78 is 36.2. The molecule has 0 saturated heterocycles. The van der Waals surface area contributed by atoms with E-state index in [1.807, 2.05) is 0 Å². The summed E-state index contributed by atoms with van der Waals surface area (Å²) in [6, 6.07) is 1.79. The van der Waals surface area contributed by atoms with E-state index in [-0.39, 0.29) is 10.2 Å². The number of alkyl halides is 1. The van der Waals surface area contributed by atoms with Gasteiger partial charge in [-0.25, -0.2) is 12.8 Å². The first-order chi connectivity index (χ1) is 7.67. The second-order valence-corrected chi connectivity index (χ2v) is 6.22. The molecule has 0 spiro atoms. The van der Waals surface area contributed by atoms with Crippen LogP contribution in [0.1, 0.15) is 6.92 Å². The Labute approximate surface area is 105 Å². The van der Waals surface area contributed by atoms with E-state index in [4.69, 9.17) is 5.73 Å². The van der Waals surface area contributed by atoms with Crippen molar-refractivity contribution < 1.29 is 17.7 Å². The lowest BCUT2D eigenvalue weighted by atomic mass is 10.3. The topological polar surface area (TPSA) is 103 Å². The number of hydrogen-bond acceptors (Lipinski definition) is 5. The lowest BCUT2D eigenvalue weighted by molar-refractivity contribution is -0.385. The average molecular weight is 327 g/mol. The van der Waals surface area contributed by atoms with Crippen molar-refractivity contribution in [1.82, 2.24) is 0 Å². The van der Waals surface area contributed by atoms with Gasteiger partial charge in [0.05, 0.1) is 10.6 Å². The molecule has 0 aliphatic rings. The van der Waals surface area contributed by atoms with Crippen LogP contribution in [-0.2, 0) is 9.84 Å². The highest BCUT2D eigenvalue weighted by atomic mass is 79.9. The van der Waals surface area contributed by atoms with Gasteiger partial charge in [-0.1, -0.05) is 0 Å². The smallest absolute Gasteiger partial charge is 0.272 e. The minimum atomic E-state index is -4.31. The van der Waals surface area contributed by atoms with E-state index in [0.717, 1.165) is 19.1 Å². The molecule has 0 aromatic heterocycles. The standard InChI is InChI=1S/C8H8BrFN2O4S/c1-4(10)17(15,16)7-3-5(12(13)14)2-6(9)8(7)11/h2-4H,11H2,1H3. The molecule has 2 N–H and O–H groups in total. The third-order valence-corrected chi connectivity index (χ3v) is 4.48. The molecule has 0 amide bonds. The molecular weight excluding hydrogens is 319 g/mol. The maximum Gasteiger partial charge on any atom is 0.272 e. The third-order valence-electron chi connectivity index (χ3n) is 2.02. The molecule has 94 valence electrons. The molecule has 0 fully saturated rings. The third kappa shape index (κ3) is 2.55. The number of nitrogen functional groups attached to an aromatic ring is 1. The zero-order chi connectivity index (χ0) is 13.4. The largest absolute Gasteiger partial charge is 0.397 e. The number of rotatable bonds is 3. The normalized spacial score (nSPS) is 13.4. The molecule has 1 aromatic rings. The van der Waals surface area contributed by atoms with Crippen LogP contribution in [-0.4, -0.2) is 18.8 Å². The summed E-state index contributed by atoms with van der Waals surface area (Å²) in [4.78, 5) is 9.19. The second kappa shape index (κ2) is 4.57. The van der Waals surface area contributed by atoms with E-state index in [2.05, 4.69) is 15.9 Å². The Balaban J connectivity index is 3.60. The van der Waals surface area contributed by atoms with Crippen molar-refractivity contribution in [3.63, 3.8) is 0 Å². The Morgan fingerprint density at radius 2 is 2.06 bits per heavy atom. The molecule has 0 aliphatic heterocycles. The molecule has 6 nitrogen and oxygen atoms in total. The summed E-state index contributed by atoms with van der Waals surface area (Å²) in [7, 11) is -4.31. The van der Waals surface area contributed by atoms with Gasteiger partial charge in [-0.15, -0.1) is 0 Å². The SMILES string of the molecule is CC(F)S(=O)(=O)c1cc([N+](=O)[O-])cc(Br)c1N. The number of nitro benzene ring substituents is 1. The van der Waals surface area contributed by atoms with Crippen LogP contribution in [0.4, 0.5) is 15.8 Å². The van der Waals surface area contributed by atoms with Crippen LogP contribution in [0, 0.1) is 10.1 Å². The van der Waals surface area contributed by atoms with Crippen molar-refractivity contribution in [3.05, 3.63) is 26.7 Å². The fourth-order valence-electron chi connectivity index (χ4n) is 1.09. The number of sulfone groups is 1. The lowest BCUT2D eigenvalue weighted by Gasteiger charge is -2.09. The van der Waals surface area contributed by atoms with Crippen molar-refractivity contribution in [1.29, 1.82) is 0 Å². The van der Waals surface area contributed by atoms with Crippen LogP contribution in [0.2, 0.25) is 0 Å². The van der Waals surface area contributed by atoms with Gasteiger partial charge in [0.25, 0.3) is 5.69 Å². The molecular formula is C8H8BrFN2O4S. The fraction of sp³-hybridized carbons (Fsp3) is 0.250. The van der Waals surface area contributed by atoms with Gasteiger partial charge >= 0.3 is 0 Å². The van der Waals surface area contributed by atoms with Crippen LogP contribution >= 0.6 is 15.9 Å². The van der Waals surface area contributed by atoms with Gasteiger partial charge in [0.1, 0.15) is 4.90 Å². The average Bonchev–Trinajstić information content (AvgIpc) is 2.20. The summed E-state index contributed by atoms with van der Waals surface area (Å²) in [5.74, 6) is 0. The molecule has 0 radical (unpaired) electrons. The number of halogens is 2. The van der Waals surface area contributed by atoms with Crippen LogP contribution < -0.4 is 5.73 Å². The Bertz CT molecular complexity index is 573. The predicted molar refractivity (Wildman–Crippen MR) is 63.0 cm³/mol. The Morgan fingerprint density at radius 3 is 2.47 bits per heavy atom. The minimum Gasteiger partial charge on any atom is -0.397 e. The van der Waals surface area contributed by atoms with Crippen LogP contribution in [0.5, 0.6) is 0 Å². The van der Waals surface area contributed by atoms with Gasteiger partial charge < -0.3 is 5.73 Å². The predicted octanol–water partition coefficient (Wildman–Crippen LogP) is 2.03. The van der Waals surface area contributed by atoms with Gasteiger partial charge in [0.2, 0.25) is 15.3 Å². The van der Waals surface area contributed by atoms with Crippen molar-refractivity contribution in [2.45, 2.75) is 17.3 Å². The molecule has 1 atom stereocenters. The maximum atomic E-state index is 13.0. The van der Waals surface area contributed by atoms with Gasteiger partial charge in [-0.05, 0) is 22.9 Å². The minimum absolute atomic E-state index is 0.0333. The van der Waals surface area contributed by atoms with Crippen molar-refractivity contribution in [2.75, 3.05) is 5.73 Å².